The fourth-order valence-electron chi connectivity index (χ4n) is 7.02. The van der Waals surface area contributed by atoms with E-state index in [-0.39, 0.29) is 23.4 Å². The smallest absolute Gasteiger partial charge is 0.314 e. The molecule has 1 aromatic heterocycles. The van der Waals surface area contributed by atoms with Gasteiger partial charge in [0.05, 0.1) is 34.3 Å². The molecule has 0 spiro atoms. The highest BCUT2D eigenvalue weighted by Gasteiger charge is 2.51. The first-order chi connectivity index (χ1) is 27.7. The Morgan fingerprint density at radius 3 is 1.85 bits per heavy atom. The van der Waals surface area contributed by atoms with E-state index in [4.69, 9.17) is 41.9 Å². The van der Waals surface area contributed by atoms with Gasteiger partial charge in [0.1, 0.15) is 61.0 Å². The average Bonchev–Trinajstić information content (AvgIpc) is 3.20. The topological polar surface area (TPSA) is 386 Å². The van der Waals surface area contributed by atoms with E-state index in [2.05, 4.69) is 23.8 Å². The van der Waals surface area contributed by atoms with Gasteiger partial charge in [-0.15, -0.1) is 0 Å². The van der Waals surface area contributed by atoms with Crippen molar-refractivity contribution in [2.45, 2.75) is 123 Å². The minimum Gasteiger partial charge on any atom is -0.394 e. The summed E-state index contributed by atoms with van der Waals surface area (Å²) in [6, 6.07) is 8.63. The van der Waals surface area contributed by atoms with Crippen molar-refractivity contribution in [3.8, 4) is 0 Å². The largest absolute Gasteiger partial charge is 0.394 e. The van der Waals surface area contributed by atoms with Crippen molar-refractivity contribution in [3.05, 3.63) is 68.7 Å². The number of aliphatic hydroxyl groups is 7. The Hall–Kier alpha value is -3.47. The number of benzene rings is 2. The second kappa shape index (κ2) is 19.1. The number of nitrogens with two attached hydrogens (primary N) is 4. The zero-order valence-electron chi connectivity index (χ0n) is 32.5. The van der Waals surface area contributed by atoms with Crippen LogP contribution in [0.1, 0.15) is 31.7 Å². The van der Waals surface area contributed by atoms with Crippen molar-refractivity contribution in [2.24, 2.45) is 22.9 Å². The van der Waals surface area contributed by atoms with Gasteiger partial charge in [-0.05, 0) is 48.2 Å². The number of anilines is 1. The van der Waals surface area contributed by atoms with Crippen molar-refractivity contribution >= 4 is 26.7 Å². The van der Waals surface area contributed by atoms with Gasteiger partial charge >= 0.3 is 11.1 Å². The second-order valence-electron chi connectivity index (χ2n) is 15.1. The molecule has 22 nitrogen and oxygen atoms in total. The summed E-state index contributed by atoms with van der Waals surface area (Å²) >= 11 is 0. The van der Waals surface area contributed by atoms with Crippen LogP contribution in [0.4, 0.5) is 5.69 Å². The standard InChI is InChI=1S/C18H36N4O11.C18H19N3O4S/c19-2-6-10(25)12(27)13(28)18(30-6)33-16-5(21)1-4(20)15(14(16)29)32-17-11(26)8(22)9(24)7(3-23)31-17;1-11(2)12-4-6-13(7-5-12)21(3)26(24,25)14-8-9-15-16(10-14)20-18(23)17(22)19-15/h4-18,23-29H,1-3,19-22H2;4-11H,1-3H3,(H,19,22)(H,20,23)/t4-,5+,6-,7-,8+,9-,10-,11-,12+,13-,14-,15+,16-,17-,18-;/m1./s1. The fraction of sp³-hybridized carbons (Fsp3) is 0.611. The molecule has 17 N–H and O–H groups in total. The van der Waals surface area contributed by atoms with Crippen LogP contribution in [0.5, 0.6) is 0 Å². The first-order valence-corrected chi connectivity index (χ1v) is 20.3. The predicted molar refractivity (Wildman–Crippen MR) is 209 cm³/mol. The summed E-state index contributed by atoms with van der Waals surface area (Å²) < 4.78 is 49.2. The van der Waals surface area contributed by atoms with E-state index < -0.39 is 119 Å². The van der Waals surface area contributed by atoms with E-state index in [0.717, 1.165) is 5.56 Å². The number of nitrogens with one attached hydrogen (secondary N) is 2. The predicted octanol–water partition coefficient (Wildman–Crippen LogP) is -5.13. The van der Waals surface area contributed by atoms with Gasteiger partial charge in [0.15, 0.2) is 12.6 Å². The third-order valence-corrected chi connectivity index (χ3v) is 12.5. The van der Waals surface area contributed by atoms with E-state index in [1.54, 1.807) is 12.1 Å². The summed E-state index contributed by atoms with van der Waals surface area (Å²) in [4.78, 5) is 27.6. The van der Waals surface area contributed by atoms with Crippen LogP contribution in [0.15, 0.2) is 56.9 Å². The van der Waals surface area contributed by atoms with Gasteiger partial charge in [-0.25, -0.2) is 8.42 Å². The average molecular weight is 858 g/mol. The highest BCUT2D eigenvalue weighted by molar-refractivity contribution is 7.92. The molecule has 1 aliphatic carbocycles. The first-order valence-electron chi connectivity index (χ1n) is 18.8. The number of aliphatic hydroxyl groups excluding tert-OH is 7. The number of aromatic nitrogens is 2. The maximum atomic E-state index is 12.9. The molecule has 6 rings (SSSR count). The summed E-state index contributed by atoms with van der Waals surface area (Å²) in [6.07, 6.45) is -16.5. The van der Waals surface area contributed by atoms with Gasteiger partial charge in [0.2, 0.25) is 0 Å². The lowest BCUT2D eigenvalue weighted by Crippen LogP contribution is -2.68. The van der Waals surface area contributed by atoms with Gasteiger partial charge in [0.25, 0.3) is 10.0 Å². The summed E-state index contributed by atoms with van der Waals surface area (Å²) in [6.45, 7) is 3.37. The van der Waals surface area contributed by atoms with Gasteiger partial charge in [-0.1, -0.05) is 26.0 Å². The molecule has 2 aromatic carbocycles. The Labute approximate surface area is 338 Å². The Balaban J connectivity index is 0.000000230. The molecule has 330 valence electrons. The molecule has 3 heterocycles. The molecule has 59 heavy (non-hydrogen) atoms. The maximum Gasteiger partial charge on any atom is 0.314 e. The molecule has 3 aliphatic rings. The number of fused-ring (bicyclic) bond motifs is 1. The summed E-state index contributed by atoms with van der Waals surface area (Å²) in [5, 5.41) is 70.9. The van der Waals surface area contributed by atoms with Gasteiger partial charge < -0.3 is 87.6 Å². The number of hydrogen-bond donors (Lipinski definition) is 13. The number of hydrogen-bond acceptors (Lipinski definition) is 19. The van der Waals surface area contributed by atoms with Crippen LogP contribution in [0, 0.1) is 0 Å². The monoisotopic (exact) mass is 857 g/mol. The lowest BCUT2D eigenvalue weighted by molar-refractivity contribution is -0.332. The molecule has 1 saturated carbocycles. The second-order valence-corrected chi connectivity index (χ2v) is 17.1. The molecule has 3 aromatic rings. The molecule has 0 unspecified atom stereocenters. The van der Waals surface area contributed by atoms with E-state index in [9.17, 15) is 53.8 Å². The molecule has 0 bridgehead atoms. The van der Waals surface area contributed by atoms with Crippen LogP contribution >= 0.6 is 0 Å². The zero-order valence-corrected chi connectivity index (χ0v) is 33.3. The number of ether oxygens (including phenoxy) is 4. The van der Waals surface area contributed by atoms with Crippen molar-refractivity contribution in [1.82, 2.24) is 9.97 Å². The molecule has 2 saturated heterocycles. The van der Waals surface area contributed by atoms with Crippen LogP contribution in [-0.4, -0.2) is 166 Å². The normalized spacial score (nSPS) is 35.3. The quantitative estimate of drug-likeness (QED) is 0.0848. The highest BCUT2D eigenvalue weighted by atomic mass is 32.2. The molecule has 3 fully saturated rings. The molecule has 2 aliphatic heterocycles. The fourth-order valence-corrected chi connectivity index (χ4v) is 8.24. The van der Waals surface area contributed by atoms with E-state index in [0.29, 0.717) is 17.1 Å². The highest BCUT2D eigenvalue weighted by Crippen LogP contribution is 2.32. The van der Waals surface area contributed by atoms with Crippen molar-refractivity contribution in [3.63, 3.8) is 0 Å². The van der Waals surface area contributed by atoms with Crippen LogP contribution in [0.2, 0.25) is 0 Å². The minimum absolute atomic E-state index is 0.0168. The van der Waals surface area contributed by atoms with Crippen molar-refractivity contribution in [1.29, 1.82) is 0 Å². The van der Waals surface area contributed by atoms with Gasteiger partial charge in [-0.3, -0.25) is 13.9 Å². The van der Waals surface area contributed by atoms with E-state index >= 15 is 0 Å². The number of rotatable bonds is 10. The first kappa shape index (κ1) is 46.6. The van der Waals surface area contributed by atoms with Gasteiger partial charge in [0, 0.05) is 25.7 Å². The summed E-state index contributed by atoms with van der Waals surface area (Å²) in [5.74, 6) is 0.352. The number of aromatic amines is 2. The molecule has 0 amide bonds. The Bertz CT molecular complexity index is 2040. The molecule has 0 radical (unpaired) electrons. The molecular formula is C36H55N7O15S. The minimum atomic E-state index is -3.82. The lowest BCUT2D eigenvalue weighted by atomic mass is 9.84. The lowest BCUT2D eigenvalue weighted by Gasteiger charge is -2.48. The SMILES string of the molecule is CC(C)c1ccc(N(C)S(=O)(=O)c2ccc3[nH]c(=O)c(=O)[nH]c3c2)cc1.NC[C@H]1O[C@H](O[C@H]2[C@H](O)[C@@H](O[C@H]3O[C@H](CO)[C@@H](O)[C@H](N)[C@H]3O)[C@H](N)C[C@@H]2N)[C@H](O)[C@@H](O)[C@@H]1O. The third-order valence-electron chi connectivity index (χ3n) is 10.8. The third kappa shape index (κ3) is 9.86. The number of H-pyrrole nitrogens is 2. The number of sulfonamides is 1. The maximum absolute atomic E-state index is 12.9. The van der Waals surface area contributed by atoms with E-state index in [1.165, 1.54) is 29.6 Å². The Kier molecular flexibility index (Phi) is 15.1. The summed E-state index contributed by atoms with van der Waals surface area (Å²) in [7, 11) is -2.35. The summed E-state index contributed by atoms with van der Waals surface area (Å²) in [5.41, 5.74) is 24.2. The molecule has 23 heteroatoms. The van der Waals surface area contributed by atoms with Crippen molar-refractivity contribution in [2.75, 3.05) is 24.5 Å². The molecular weight excluding hydrogens is 802 g/mol. The zero-order chi connectivity index (χ0) is 43.7. The Morgan fingerprint density at radius 1 is 0.763 bits per heavy atom. The van der Waals surface area contributed by atoms with Crippen LogP contribution < -0.4 is 38.4 Å². The van der Waals surface area contributed by atoms with Crippen LogP contribution in [0.3, 0.4) is 0 Å². The van der Waals surface area contributed by atoms with E-state index in [1.807, 2.05) is 12.1 Å². The number of nitrogens with zero attached hydrogens (tertiary/aromatic N) is 1. The van der Waals surface area contributed by atoms with Crippen LogP contribution in [0.25, 0.3) is 11.0 Å². The van der Waals surface area contributed by atoms with Gasteiger partial charge in [-0.2, -0.15) is 0 Å². The van der Waals surface area contributed by atoms with Crippen molar-refractivity contribution < 1.29 is 63.1 Å². The Morgan fingerprint density at radius 2 is 1.31 bits per heavy atom. The molecule has 15 atom stereocenters. The van der Waals surface area contributed by atoms with Crippen LogP contribution in [-0.2, 0) is 29.0 Å².